The van der Waals surface area contributed by atoms with E-state index in [9.17, 15) is 23.6 Å². The van der Waals surface area contributed by atoms with E-state index in [1.165, 1.54) is 35.1 Å². The second kappa shape index (κ2) is 13.2. The lowest BCUT2D eigenvalue weighted by atomic mass is 10.1. The van der Waals surface area contributed by atoms with Crippen LogP contribution in [-0.4, -0.2) is 44.8 Å². The monoisotopic (exact) mass is 626 g/mol. The number of imide groups is 1. The number of ether oxygens (including phenoxy) is 1. The van der Waals surface area contributed by atoms with Crippen molar-refractivity contribution in [3.05, 3.63) is 120 Å². The predicted molar refractivity (Wildman–Crippen MR) is 165 cm³/mol. The van der Waals surface area contributed by atoms with Crippen molar-refractivity contribution < 1.29 is 32.7 Å². The van der Waals surface area contributed by atoms with Gasteiger partial charge in [0.2, 0.25) is 17.7 Å². The number of anilines is 1. The number of amidine groups is 1. The number of aliphatic imine (C=N–C) groups is 1. The van der Waals surface area contributed by atoms with Crippen LogP contribution in [0.15, 0.2) is 107 Å². The number of amides is 4. The lowest BCUT2D eigenvalue weighted by Crippen LogP contribution is -2.45. The molecular formula is C33H27FN4O6S. The number of nitrogens with zero attached hydrogens (tertiary/aromatic N) is 3. The number of thioether (sulfide) groups is 1. The zero-order chi connectivity index (χ0) is 31.3. The first-order chi connectivity index (χ1) is 21.9. The molecule has 228 valence electrons. The molecule has 6 rings (SSSR count). The number of likely N-dealkylation sites (tertiary alicyclic amines) is 1. The van der Waals surface area contributed by atoms with Crippen molar-refractivity contribution in [1.29, 1.82) is 0 Å². The average Bonchev–Trinajstić information content (AvgIpc) is 3.77. The zero-order valence-corrected chi connectivity index (χ0v) is 24.6. The number of hydrogen-bond acceptors (Lipinski definition) is 8. The summed E-state index contributed by atoms with van der Waals surface area (Å²) in [5.41, 5.74) is 2.22. The Bertz CT molecular complexity index is 1750. The largest absolute Gasteiger partial charge is 0.467 e. The van der Waals surface area contributed by atoms with Crippen LogP contribution in [0.1, 0.15) is 35.0 Å². The molecular weight excluding hydrogens is 599 g/mol. The van der Waals surface area contributed by atoms with Gasteiger partial charge in [-0.3, -0.25) is 19.3 Å². The molecule has 2 aliphatic rings. The van der Waals surface area contributed by atoms with Gasteiger partial charge in [-0.05, 0) is 60.0 Å². The van der Waals surface area contributed by atoms with Crippen molar-refractivity contribution >= 4 is 52.1 Å². The van der Waals surface area contributed by atoms with E-state index in [4.69, 9.17) is 9.15 Å². The van der Waals surface area contributed by atoms with Crippen molar-refractivity contribution in [3.8, 4) is 0 Å². The number of carbonyl (C=O) groups is 4. The quantitative estimate of drug-likeness (QED) is 0.248. The molecule has 2 atom stereocenters. The third-order valence-corrected chi connectivity index (χ3v) is 8.50. The minimum Gasteiger partial charge on any atom is -0.467 e. The first-order valence-electron chi connectivity index (χ1n) is 14.1. The second-order valence-electron chi connectivity index (χ2n) is 10.3. The maximum absolute atomic E-state index is 13.8. The maximum atomic E-state index is 13.8. The van der Waals surface area contributed by atoms with Crippen LogP contribution >= 0.6 is 11.8 Å². The highest BCUT2D eigenvalue weighted by atomic mass is 32.2. The molecule has 2 fully saturated rings. The summed E-state index contributed by atoms with van der Waals surface area (Å²) in [6, 6.07) is 24.0. The smallest absolute Gasteiger partial charge is 0.417 e. The predicted octanol–water partition coefficient (Wildman–Crippen LogP) is 6.19. The molecule has 2 aliphatic heterocycles. The Balaban J connectivity index is 1.14. The molecule has 4 aromatic rings. The van der Waals surface area contributed by atoms with Gasteiger partial charge in [0.05, 0.1) is 18.5 Å². The van der Waals surface area contributed by atoms with Crippen LogP contribution in [-0.2, 0) is 32.3 Å². The molecule has 3 heterocycles. The van der Waals surface area contributed by atoms with Crippen LogP contribution < -0.4 is 5.32 Å². The van der Waals surface area contributed by atoms with E-state index in [2.05, 4.69) is 10.3 Å². The van der Waals surface area contributed by atoms with Crippen molar-refractivity contribution in [3.63, 3.8) is 0 Å². The van der Waals surface area contributed by atoms with E-state index in [-0.39, 0.29) is 31.9 Å². The van der Waals surface area contributed by atoms with Gasteiger partial charge in [0.1, 0.15) is 29.5 Å². The summed E-state index contributed by atoms with van der Waals surface area (Å²) in [7, 11) is 0. The van der Waals surface area contributed by atoms with Gasteiger partial charge in [-0.25, -0.2) is 19.1 Å². The summed E-state index contributed by atoms with van der Waals surface area (Å²) >= 11 is 1.23. The molecule has 0 saturated carbocycles. The minimum absolute atomic E-state index is 0.0231. The Morgan fingerprint density at radius 1 is 1.00 bits per heavy atom. The van der Waals surface area contributed by atoms with E-state index < -0.39 is 35.0 Å². The third-order valence-electron chi connectivity index (χ3n) is 7.27. The molecule has 2 saturated heterocycles. The molecule has 0 bridgehead atoms. The fourth-order valence-corrected chi connectivity index (χ4v) is 6.20. The Morgan fingerprint density at radius 3 is 2.53 bits per heavy atom. The van der Waals surface area contributed by atoms with Gasteiger partial charge in [-0.2, -0.15) is 0 Å². The van der Waals surface area contributed by atoms with Crippen LogP contribution in [0.2, 0.25) is 0 Å². The van der Waals surface area contributed by atoms with E-state index >= 15 is 0 Å². The molecule has 0 radical (unpaired) electrons. The van der Waals surface area contributed by atoms with Crippen molar-refractivity contribution in [2.75, 3.05) is 5.32 Å². The Hall–Kier alpha value is -5.23. The number of nitrogens with one attached hydrogen (secondary N) is 1. The molecule has 0 aliphatic carbocycles. The molecule has 1 aromatic heterocycles. The molecule has 45 heavy (non-hydrogen) atoms. The fourth-order valence-electron chi connectivity index (χ4n) is 5.03. The van der Waals surface area contributed by atoms with Crippen LogP contribution in [0.25, 0.3) is 0 Å². The highest BCUT2D eigenvalue weighted by molar-refractivity contribution is 8.15. The second-order valence-corrected chi connectivity index (χ2v) is 11.4. The Kier molecular flexibility index (Phi) is 8.74. The van der Waals surface area contributed by atoms with Crippen molar-refractivity contribution in [2.45, 2.75) is 37.3 Å². The SMILES string of the molecule is O=C(Nc1ccc(C2SC(=Nc3cccc(F)c3)N(Cc3ccco3)C2=O)cc1)[C@H]1CCC(=O)N1C(=O)OCc1ccccc1. The molecule has 0 spiro atoms. The van der Waals surface area contributed by atoms with E-state index in [1.54, 1.807) is 60.7 Å². The number of carbonyl (C=O) groups excluding carboxylic acids is 4. The molecule has 4 amide bonds. The molecule has 12 heteroatoms. The van der Waals surface area contributed by atoms with Gasteiger partial charge in [0, 0.05) is 12.1 Å². The summed E-state index contributed by atoms with van der Waals surface area (Å²) in [5, 5.41) is 2.52. The van der Waals surface area contributed by atoms with E-state index in [0.29, 0.717) is 27.9 Å². The van der Waals surface area contributed by atoms with Gasteiger partial charge >= 0.3 is 6.09 Å². The van der Waals surface area contributed by atoms with Crippen LogP contribution in [0.3, 0.4) is 0 Å². The average molecular weight is 627 g/mol. The summed E-state index contributed by atoms with van der Waals surface area (Å²) in [6.45, 7) is 0.132. The lowest BCUT2D eigenvalue weighted by molar-refractivity contribution is -0.131. The van der Waals surface area contributed by atoms with Crippen LogP contribution in [0.5, 0.6) is 0 Å². The first kappa shape index (κ1) is 29.8. The first-order valence-corrected chi connectivity index (χ1v) is 15.0. The van der Waals surface area contributed by atoms with Crippen LogP contribution in [0.4, 0.5) is 20.6 Å². The highest BCUT2D eigenvalue weighted by Crippen LogP contribution is 2.41. The van der Waals surface area contributed by atoms with Gasteiger partial charge in [-0.15, -0.1) is 0 Å². The number of rotatable bonds is 8. The topological polar surface area (TPSA) is 122 Å². The molecule has 1 unspecified atom stereocenters. The van der Waals surface area contributed by atoms with Gasteiger partial charge in [0.25, 0.3) is 0 Å². The minimum atomic E-state index is -1.01. The normalized spacial score (nSPS) is 18.9. The summed E-state index contributed by atoms with van der Waals surface area (Å²) < 4.78 is 24.6. The number of halogens is 1. The summed E-state index contributed by atoms with van der Waals surface area (Å²) in [6.07, 6.45) is 0.871. The molecule has 1 N–H and O–H groups in total. The standard InChI is InChI=1S/C33H27FN4O6S/c34-23-8-4-9-25(18-23)36-32-37(19-26-10-5-17-43-26)31(41)29(45-32)22-11-13-24(14-12-22)35-30(40)27-15-16-28(39)38(27)33(42)44-20-21-6-2-1-3-7-21/h1-14,17-18,27,29H,15-16,19-20H2,(H,35,40)/t27-,29?/m1/s1. The summed E-state index contributed by atoms with van der Waals surface area (Å²) in [5.74, 6) is -1.09. The lowest BCUT2D eigenvalue weighted by Gasteiger charge is -2.22. The number of benzene rings is 3. The van der Waals surface area contributed by atoms with Gasteiger partial charge in [-0.1, -0.05) is 60.3 Å². The zero-order valence-electron chi connectivity index (χ0n) is 23.8. The van der Waals surface area contributed by atoms with E-state index in [0.717, 1.165) is 10.5 Å². The van der Waals surface area contributed by atoms with Crippen molar-refractivity contribution in [1.82, 2.24) is 9.80 Å². The molecule has 3 aromatic carbocycles. The van der Waals surface area contributed by atoms with Gasteiger partial charge in [0.15, 0.2) is 5.17 Å². The third kappa shape index (κ3) is 6.80. The number of furan rings is 1. The van der Waals surface area contributed by atoms with Gasteiger partial charge < -0.3 is 14.5 Å². The van der Waals surface area contributed by atoms with E-state index in [1.807, 2.05) is 18.2 Å². The van der Waals surface area contributed by atoms with Crippen LogP contribution in [0, 0.1) is 5.82 Å². The maximum Gasteiger partial charge on any atom is 0.417 e. The summed E-state index contributed by atoms with van der Waals surface area (Å²) in [4.78, 5) is 58.8. The Morgan fingerprint density at radius 2 is 1.80 bits per heavy atom. The highest BCUT2D eigenvalue weighted by Gasteiger charge is 2.42. The number of hydrogen-bond donors (Lipinski definition) is 1. The Labute approximate surface area is 261 Å². The fraction of sp³-hybridized carbons (Fsp3) is 0.182. The molecule has 10 nitrogen and oxygen atoms in total. The van der Waals surface area contributed by atoms with Crippen molar-refractivity contribution in [2.24, 2.45) is 4.99 Å².